The predicted molar refractivity (Wildman–Crippen MR) is 147 cm³/mol. The van der Waals surface area contributed by atoms with Crippen molar-refractivity contribution in [2.24, 2.45) is 7.05 Å². The minimum Gasteiger partial charge on any atom is -0.455 e. The van der Waals surface area contributed by atoms with Crippen molar-refractivity contribution in [3.8, 4) is 28.5 Å². The smallest absolute Gasteiger partial charge is 0.216 e. The maximum atomic E-state index is 10.1. The monoisotopic (exact) mass is 483 g/mol. The van der Waals surface area contributed by atoms with Crippen LogP contribution < -0.4 is 4.57 Å². The number of aromatic nitrogens is 1. The molecule has 1 aliphatic rings. The number of fused-ring (bicyclic) bond motifs is 3. The third kappa shape index (κ3) is 3.78. The number of pyridine rings is 1. The van der Waals surface area contributed by atoms with Crippen molar-refractivity contribution in [3.63, 3.8) is 0 Å². The summed E-state index contributed by atoms with van der Waals surface area (Å²) < 4.78 is 17.8. The van der Waals surface area contributed by atoms with Gasteiger partial charge in [-0.05, 0) is 55.0 Å². The Morgan fingerprint density at radius 1 is 1.00 bits per heavy atom. The van der Waals surface area contributed by atoms with Crippen molar-refractivity contribution in [2.75, 3.05) is 0 Å². The number of aryl methyl sites for hydroxylation is 2. The van der Waals surface area contributed by atoms with Crippen LogP contribution in [0.2, 0.25) is 0 Å². The summed E-state index contributed by atoms with van der Waals surface area (Å²) >= 11 is 0. The molecule has 0 radical (unpaired) electrons. The van der Waals surface area contributed by atoms with Gasteiger partial charge in [-0.15, -0.1) is 0 Å². The molecule has 4 heteroatoms. The van der Waals surface area contributed by atoms with E-state index in [-0.39, 0.29) is 0 Å². The number of hydrogen-bond donors (Lipinski definition) is 0. The first-order chi connectivity index (χ1) is 18.4. The summed E-state index contributed by atoms with van der Waals surface area (Å²) in [6.45, 7) is 10.1. The highest BCUT2D eigenvalue weighted by Crippen LogP contribution is 2.45. The van der Waals surface area contributed by atoms with Gasteiger partial charge in [0.15, 0.2) is 11.9 Å². The van der Waals surface area contributed by atoms with Crippen LogP contribution in [0.1, 0.15) is 56.1 Å². The van der Waals surface area contributed by atoms with Crippen molar-refractivity contribution in [1.82, 2.24) is 0 Å². The maximum Gasteiger partial charge on any atom is 0.216 e. The minimum absolute atomic E-state index is 0.454. The number of rotatable bonds is 3. The van der Waals surface area contributed by atoms with Gasteiger partial charge in [-0.25, -0.2) is 9.41 Å². The third-order valence-corrected chi connectivity index (χ3v) is 7.70. The average Bonchev–Trinajstić information content (AvgIpc) is 3.31. The molecule has 3 aromatic carbocycles. The first-order valence-electron chi connectivity index (χ1n) is 13.3. The van der Waals surface area contributed by atoms with Crippen molar-refractivity contribution in [2.45, 2.75) is 44.9 Å². The van der Waals surface area contributed by atoms with Crippen molar-refractivity contribution < 1.29 is 10.4 Å². The second kappa shape index (κ2) is 9.23. The van der Waals surface area contributed by atoms with Gasteiger partial charge in [0.1, 0.15) is 18.2 Å². The Morgan fingerprint density at radius 3 is 2.49 bits per heavy atom. The van der Waals surface area contributed by atoms with Crippen LogP contribution in [0.15, 0.2) is 71.3 Å². The van der Waals surface area contributed by atoms with Gasteiger partial charge in [0.2, 0.25) is 5.69 Å². The molecule has 1 aliphatic carbocycles. The lowest BCUT2D eigenvalue weighted by molar-refractivity contribution is -0.660. The topological polar surface area (TPSA) is 45.2 Å². The van der Waals surface area contributed by atoms with E-state index in [1.165, 1.54) is 0 Å². The highest BCUT2D eigenvalue weighted by atomic mass is 16.3. The molecule has 0 spiro atoms. The van der Waals surface area contributed by atoms with Crippen LogP contribution in [-0.2, 0) is 7.05 Å². The molecule has 0 unspecified atom stereocenters. The molecule has 1 saturated carbocycles. The summed E-state index contributed by atoms with van der Waals surface area (Å²) in [4.78, 5) is 3.87. The van der Waals surface area contributed by atoms with E-state index in [0.29, 0.717) is 28.0 Å². The Morgan fingerprint density at radius 2 is 1.76 bits per heavy atom. The molecule has 1 fully saturated rings. The summed E-state index contributed by atoms with van der Waals surface area (Å²) in [6.07, 6.45) is 6.88. The molecule has 37 heavy (non-hydrogen) atoms. The Kier molecular flexibility index (Phi) is 5.45. The van der Waals surface area contributed by atoms with Crippen molar-refractivity contribution in [1.29, 1.82) is 5.26 Å². The molecule has 6 rings (SSSR count). The van der Waals surface area contributed by atoms with Gasteiger partial charge in [-0.1, -0.05) is 55.2 Å². The molecule has 0 amide bonds. The molecular formula is C33H28N3O+. The molecular weight excluding hydrogens is 454 g/mol. The zero-order valence-corrected chi connectivity index (χ0v) is 21.1. The van der Waals surface area contributed by atoms with Crippen LogP contribution in [0.5, 0.6) is 0 Å². The van der Waals surface area contributed by atoms with Gasteiger partial charge in [-0.2, -0.15) is 5.26 Å². The largest absolute Gasteiger partial charge is 0.455 e. The number of furan rings is 1. The summed E-state index contributed by atoms with van der Waals surface area (Å²) in [5.74, 6) is -0.655. The minimum atomic E-state index is -0.655. The van der Waals surface area contributed by atoms with E-state index >= 15 is 0 Å². The second-order valence-electron chi connectivity index (χ2n) is 9.92. The lowest BCUT2D eigenvalue weighted by Gasteiger charge is -2.22. The average molecular weight is 484 g/mol. The molecule has 0 aliphatic heterocycles. The van der Waals surface area contributed by atoms with Crippen LogP contribution in [0, 0.1) is 24.8 Å². The summed E-state index contributed by atoms with van der Waals surface area (Å²) in [7, 11) is 2.02. The fourth-order valence-corrected chi connectivity index (χ4v) is 5.79. The SMILES string of the molecule is [2H]C1(c2ccc(-c3c(C#N)ccc4c3oc3c(-c5cccc[n+]5C)c(C)ccc34)c([N+]#[C-])c2)CCCCC1. The van der Waals surface area contributed by atoms with E-state index in [0.717, 1.165) is 70.8 Å². The van der Waals surface area contributed by atoms with Gasteiger partial charge in [0, 0.05) is 29.8 Å². The quantitative estimate of drug-likeness (QED) is 0.191. The Labute approximate surface area is 218 Å². The van der Waals surface area contributed by atoms with E-state index in [9.17, 15) is 5.26 Å². The summed E-state index contributed by atoms with van der Waals surface area (Å²) in [6, 6.07) is 22.1. The van der Waals surface area contributed by atoms with E-state index in [2.05, 4.69) is 40.6 Å². The summed E-state index contributed by atoms with van der Waals surface area (Å²) in [5.41, 5.74) is 7.65. The van der Waals surface area contributed by atoms with E-state index in [4.69, 9.17) is 12.4 Å². The van der Waals surface area contributed by atoms with Crippen LogP contribution in [0.3, 0.4) is 0 Å². The second-order valence-corrected chi connectivity index (χ2v) is 9.92. The molecule has 2 heterocycles. The van der Waals surface area contributed by atoms with Crippen molar-refractivity contribution in [3.05, 3.63) is 95.0 Å². The fraction of sp³-hybridized carbons (Fsp3) is 0.242. The molecule has 4 nitrogen and oxygen atoms in total. The zero-order chi connectivity index (χ0) is 26.4. The van der Waals surface area contributed by atoms with Gasteiger partial charge < -0.3 is 4.42 Å². The Bertz CT molecular complexity index is 1810. The standard InChI is InChI=1S/C33H28N3O/c1-21-12-15-25-26-16-14-24(20-34)31(33(26)37-32(25)30(21)29-11-7-8-18-36(29)3)27-17-13-23(19-28(27)35-2)22-9-5-4-6-10-22/h7-8,11-19,22H,4-6,9-10H2,1,3H3/q+1/i22D. The maximum absolute atomic E-state index is 10.1. The third-order valence-electron chi connectivity index (χ3n) is 7.70. The fourth-order valence-electron chi connectivity index (χ4n) is 5.79. The van der Waals surface area contributed by atoms with E-state index < -0.39 is 5.89 Å². The first-order valence-corrected chi connectivity index (χ1v) is 12.8. The van der Waals surface area contributed by atoms with E-state index in [1.54, 1.807) is 0 Å². The van der Waals surface area contributed by atoms with Crippen LogP contribution in [0.4, 0.5) is 5.69 Å². The van der Waals surface area contributed by atoms with Crippen LogP contribution in [-0.4, -0.2) is 0 Å². The molecule has 0 atom stereocenters. The van der Waals surface area contributed by atoms with Gasteiger partial charge in [0.05, 0.1) is 23.8 Å². The first kappa shape index (κ1) is 21.8. The Hall–Kier alpha value is -4.41. The highest BCUT2D eigenvalue weighted by molar-refractivity contribution is 6.14. The van der Waals surface area contributed by atoms with Gasteiger partial charge in [0.25, 0.3) is 0 Å². The normalized spacial score (nSPS) is 15.3. The number of nitrogens with zero attached hydrogens (tertiary/aromatic N) is 3. The molecule has 180 valence electrons. The molecule has 0 saturated heterocycles. The number of nitriles is 1. The lowest BCUT2D eigenvalue weighted by atomic mass is 9.83. The molecule has 0 N–H and O–H groups in total. The van der Waals surface area contributed by atoms with E-state index in [1.807, 2.05) is 55.7 Å². The molecule has 0 bridgehead atoms. The van der Waals surface area contributed by atoms with Crippen LogP contribution in [0.25, 0.3) is 49.2 Å². The summed E-state index contributed by atoms with van der Waals surface area (Å²) in [5, 5.41) is 12.0. The van der Waals surface area contributed by atoms with Crippen molar-refractivity contribution >= 4 is 27.6 Å². The Balaban J connectivity index is 1.63. The number of hydrogen-bond acceptors (Lipinski definition) is 2. The number of benzene rings is 3. The molecule has 5 aromatic rings. The van der Waals surface area contributed by atoms with Crippen LogP contribution >= 0.6 is 0 Å². The van der Waals surface area contributed by atoms with Gasteiger partial charge in [-0.3, -0.25) is 0 Å². The van der Waals surface area contributed by atoms with Gasteiger partial charge >= 0.3 is 0 Å². The highest BCUT2D eigenvalue weighted by Gasteiger charge is 2.24. The predicted octanol–water partition coefficient (Wildman–Crippen LogP) is 8.52. The molecule has 2 aromatic heterocycles. The zero-order valence-electron chi connectivity index (χ0n) is 22.1. The lowest BCUT2D eigenvalue weighted by Crippen LogP contribution is -2.30.